The first-order chi connectivity index (χ1) is 9.63. The van der Waals surface area contributed by atoms with Gasteiger partial charge in [0, 0.05) is 29.4 Å². The second-order valence-electron chi connectivity index (χ2n) is 5.50. The summed E-state index contributed by atoms with van der Waals surface area (Å²) in [4.78, 5) is 12.2. The molecular formula is C14H19N5O. The van der Waals surface area contributed by atoms with E-state index in [0.717, 1.165) is 41.9 Å². The Morgan fingerprint density at radius 2 is 2.25 bits per heavy atom. The average Bonchev–Trinajstić information content (AvgIpc) is 3.04. The van der Waals surface area contributed by atoms with Crippen molar-refractivity contribution < 1.29 is 4.79 Å². The first-order valence-electron chi connectivity index (χ1n) is 7.01. The number of rotatable bonds is 4. The van der Waals surface area contributed by atoms with Crippen molar-refractivity contribution in [1.29, 1.82) is 0 Å². The summed E-state index contributed by atoms with van der Waals surface area (Å²) in [6.45, 7) is 3.95. The van der Waals surface area contributed by atoms with Gasteiger partial charge < -0.3 is 5.32 Å². The van der Waals surface area contributed by atoms with Crippen molar-refractivity contribution in [2.75, 3.05) is 0 Å². The molecule has 20 heavy (non-hydrogen) atoms. The lowest BCUT2D eigenvalue weighted by Crippen LogP contribution is -2.34. The van der Waals surface area contributed by atoms with E-state index >= 15 is 0 Å². The highest BCUT2D eigenvalue weighted by Gasteiger charge is 2.23. The summed E-state index contributed by atoms with van der Waals surface area (Å²) in [5.41, 5.74) is 4.75. The molecular weight excluding hydrogens is 254 g/mol. The number of hydrogen-bond acceptors (Lipinski definition) is 3. The Morgan fingerprint density at radius 1 is 1.40 bits per heavy atom. The number of aromatic amines is 2. The van der Waals surface area contributed by atoms with Crippen LogP contribution >= 0.6 is 0 Å². The van der Waals surface area contributed by atoms with Crippen molar-refractivity contribution in [2.24, 2.45) is 0 Å². The molecule has 106 valence electrons. The zero-order valence-electron chi connectivity index (χ0n) is 11.8. The number of fused-ring (bicyclic) bond motifs is 1. The molecule has 0 bridgehead atoms. The van der Waals surface area contributed by atoms with Gasteiger partial charge in [0.05, 0.1) is 5.69 Å². The highest BCUT2D eigenvalue weighted by Crippen LogP contribution is 2.22. The van der Waals surface area contributed by atoms with E-state index < -0.39 is 0 Å². The maximum absolute atomic E-state index is 12.2. The second kappa shape index (κ2) is 5.11. The van der Waals surface area contributed by atoms with Gasteiger partial charge >= 0.3 is 0 Å². The fourth-order valence-corrected chi connectivity index (χ4v) is 2.74. The van der Waals surface area contributed by atoms with Gasteiger partial charge in [-0.05, 0) is 39.2 Å². The van der Waals surface area contributed by atoms with Crippen LogP contribution in [0.1, 0.15) is 46.5 Å². The summed E-state index contributed by atoms with van der Waals surface area (Å²) in [5.74, 6) is -0.0934. The van der Waals surface area contributed by atoms with E-state index in [-0.39, 0.29) is 11.9 Å². The Morgan fingerprint density at radius 3 is 3.00 bits per heavy atom. The van der Waals surface area contributed by atoms with Crippen molar-refractivity contribution >= 4 is 5.91 Å². The van der Waals surface area contributed by atoms with Crippen LogP contribution in [-0.4, -0.2) is 32.3 Å². The molecule has 1 amide bonds. The summed E-state index contributed by atoms with van der Waals surface area (Å²) in [5, 5.41) is 17.2. The van der Waals surface area contributed by atoms with E-state index in [1.165, 1.54) is 0 Å². The topological polar surface area (TPSA) is 86.5 Å². The van der Waals surface area contributed by atoms with Gasteiger partial charge in [-0.1, -0.05) is 0 Å². The predicted molar refractivity (Wildman–Crippen MR) is 74.6 cm³/mol. The number of amides is 1. The number of aryl methyl sites for hydroxylation is 2. The van der Waals surface area contributed by atoms with Gasteiger partial charge in [0.25, 0.3) is 5.91 Å². The Bertz CT molecular complexity index is 627. The van der Waals surface area contributed by atoms with Crippen LogP contribution in [-0.2, 0) is 19.3 Å². The van der Waals surface area contributed by atoms with Crippen LogP contribution in [0, 0.1) is 6.92 Å². The van der Waals surface area contributed by atoms with Crippen molar-refractivity contribution in [1.82, 2.24) is 25.7 Å². The molecule has 0 fully saturated rings. The zero-order chi connectivity index (χ0) is 14.1. The van der Waals surface area contributed by atoms with Crippen molar-refractivity contribution in [3.8, 4) is 0 Å². The normalized spacial score (nSPS) is 15.1. The van der Waals surface area contributed by atoms with Gasteiger partial charge in [-0.2, -0.15) is 10.2 Å². The Hall–Kier alpha value is -2.11. The number of aromatic nitrogens is 4. The molecule has 0 radical (unpaired) electrons. The van der Waals surface area contributed by atoms with E-state index in [0.29, 0.717) is 12.1 Å². The fraction of sp³-hybridized carbons (Fsp3) is 0.500. The van der Waals surface area contributed by atoms with Crippen LogP contribution < -0.4 is 5.32 Å². The van der Waals surface area contributed by atoms with Crippen LogP contribution in [0.25, 0.3) is 0 Å². The van der Waals surface area contributed by atoms with Crippen LogP contribution in [0.4, 0.5) is 0 Å². The van der Waals surface area contributed by atoms with Crippen LogP contribution in [0.2, 0.25) is 0 Å². The lowest BCUT2D eigenvalue weighted by Gasteiger charge is -2.11. The summed E-state index contributed by atoms with van der Waals surface area (Å²) in [6.07, 6.45) is 3.76. The quantitative estimate of drug-likeness (QED) is 0.784. The molecule has 6 nitrogen and oxygen atoms in total. The van der Waals surface area contributed by atoms with E-state index in [1.54, 1.807) is 0 Å². The lowest BCUT2D eigenvalue weighted by atomic mass is 10.1. The van der Waals surface area contributed by atoms with Gasteiger partial charge in [-0.15, -0.1) is 0 Å². The molecule has 0 unspecified atom stereocenters. The highest BCUT2D eigenvalue weighted by molar-refractivity contribution is 5.94. The van der Waals surface area contributed by atoms with E-state index in [9.17, 15) is 4.79 Å². The second-order valence-corrected chi connectivity index (χ2v) is 5.50. The molecule has 3 N–H and O–H groups in total. The molecule has 0 spiro atoms. The number of carbonyl (C=O) groups is 1. The summed E-state index contributed by atoms with van der Waals surface area (Å²) in [6, 6.07) is 2.02. The molecule has 3 rings (SSSR count). The number of nitrogens with one attached hydrogen (secondary N) is 3. The zero-order valence-corrected chi connectivity index (χ0v) is 11.8. The molecule has 1 aliphatic rings. The van der Waals surface area contributed by atoms with Gasteiger partial charge in [0.1, 0.15) is 0 Å². The summed E-state index contributed by atoms with van der Waals surface area (Å²) >= 11 is 0. The Kier molecular flexibility index (Phi) is 3.30. The molecule has 2 heterocycles. The predicted octanol–water partition coefficient (Wildman–Crippen LogP) is 1.29. The van der Waals surface area contributed by atoms with Gasteiger partial charge in [-0.3, -0.25) is 15.0 Å². The van der Waals surface area contributed by atoms with Crippen LogP contribution in [0.15, 0.2) is 6.07 Å². The molecule has 1 atom stereocenters. The third kappa shape index (κ3) is 2.45. The fourth-order valence-electron chi connectivity index (χ4n) is 2.74. The molecule has 0 aromatic carbocycles. The summed E-state index contributed by atoms with van der Waals surface area (Å²) in [7, 11) is 0. The molecule has 2 aromatic heterocycles. The van der Waals surface area contributed by atoms with Gasteiger partial charge in [0.2, 0.25) is 0 Å². The maximum atomic E-state index is 12.2. The minimum Gasteiger partial charge on any atom is -0.348 e. The number of H-pyrrole nitrogens is 2. The smallest absolute Gasteiger partial charge is 0.272 e. The Labute approximate surface area is 117 Å². The minimum absolute atomic E-state index is 0.0268. The molecule has 0 saturated heterocycles. The third-order valence-electron chi connectivity index (χ3n) is 3.67. The van der Waals surface area contributed by atoms with Crippen LogP contribution in [0.5, 0.6) is 0 Å². The monoisotopic (exact) mass is 273 g/mol. The molecule has 6 heteroatoms. The minimum atomic E-state index is -0.0934. The molecule has 0 saturated carbocycles. The maximum Gasteiger partial charge on any atom is 0.272 e. The number of nitrogens with zero attached hydrogens (tertiary/aromatic N) is 2. The molecule has 1 aliphatic carbocycles. The molecule has 0 aliphatic heterocycles. The number of hydrogen-bond donors (Lipinski definition) is 3. The Balaban J connectivity index is 1.63. The highest BCUT2D eigenvalue weighted by atomic mass is 16.2. The first kappa shape index (κ1) is 12.9. The lowest BCUT2D eigenvalue weighted by molar-refractivity contribution is 0.0934. The average molecular weight is 273 g/mol. The first-order valence-corrected chi connectivity index (χ1v) is 7.01. The largest absolute Gasteiger partial charge is 0.348 e. The SMILES string of the molecule is Cc1cc(C[C@H](C)NC(=O)c2n[nH]c3c2CCC3)n[nH]1. The van der Waals surface area contributed by atoms with E-state index in [2.05, 4.69) is 25.7 Å². The third-order valence-corrected chi connectivity index (χ3v) is 3.67. The van der Waals surface area contributed by atoms with Crippen molar-refractivity contribution in [3.05, 3.63) is 34.4 Å². The molecule has 2 aromatic rings. The van der Waals surface area contributed by atoms with E-state index in [4.69, 9.17) is 0 Å². The van der Waals surface area contributed by atoms with Crippen molar-refractivity contribution in [2.45, 2.75) is 45.6 Å². The van der Waals surface area contributed by atoms with Crippen LogP contribution in [0.3, 0.4) is 0 Å². The standard InChI is InChI=1S/C14H19N5O/c1-8(6-10-7-9(2)16-17-10)15-14(20)13-11-4-3-5-12(11)18-19-13/h7-8H,3-6H2,1-2H3,(H,15,20)(H,16,17)(H,18,19)/t8-/m0/s1. The number of carbonyl (C=O) groups excluding carboxylic acids is 1. The van der Waals surface area contributed by atoms with E-state index in [1.807, 2.05) is 19.9 Å². The van der Waals surface area contributed by atoms with Crippen molar-refractivity contribution in [3.63, 3.8) is 0 Å². The van der Waals surface area contributed by atoms with Gasteiger partial charge in [0.15, 0.2) is 5.69 Å². The van der Waals surface area contributed by atoms with Gasteiger partial charge in [-0.25, -0.2) is 0 Å². The summed E-state index contributed by atoms with van der Waals surface area (Å²) < 4.78 is 0.